The quantitative estimate of drug-likeness (QED) is 0.814. The van der Waals surface area contributed by atoms with Gasteiger partial charge in [0.05, 0.1) is 0 Å². The second kappa shape index (κ2) is 5.27. The van der Waals surface area contributed by atoms with Crippen LogP contribution in [0.25, 0.3) is 0 Å². The van der Waals surface area contributed by atoms with Crippen LogP contribution in [0, 0.1) is 0 Å². The molecule has 0 saturated heterocycles. The fraction of sp³-hybridized carbons (Fsp3) is 0.417. The van der Waals surface area contributed by atoms with Gasteiger partial charge in [-0.05, 0) is 44.5 Å². The van der Waals surface area contributed by atoms with E-state index in [2.05, 4.69) is 15.9 Å². The Morgan fingerprint density at radius 3 is 2.47 bits per heavy atom. The van der Waals surface area contributed by atoms with E-state index in [1.807, 2.05) is 20.8 Å². The Hall–Kier alpha value is -0.740. The maximum atomic E-state index is 11.3. The van der Waals surface area contributed by atoms with Crippen LogP contribution in [0.2, 0.25) is 5.02 Å². The molecule has 0 radical (unpaired) electrons. The van der Waals surface area contributed by atoms with E-state index in [4.69, 9.17) is 11.6 Å². The Bertz CT molecular complexity index is 429. The van der Waals surface area contributed by atoms with Crippen LogP contribution >= 0.6 is 27.5 Å². The molecule has 0 atom stereocenters. The van der Waals surface area contributed by atoms with Gasteiger partial charge in [-0.25, -0.2) is 4.79 Å². The molecule has 1 amide bonds. The summed E-state index contributed by atoms with van der Waals surface area (Å²) in [6.07, 6.45) is -0.972. The van der Waals surface area contributed by atoms with Gasteiger partial charge in [-0.3, -0.25) is 4.90 Å². The Labute approximate surface area is 115 Å². The Kier molecular flexibility index (Phi) is 4.44. The van der Waals surface area contributed by atoms with E-state index in [0.29, 0.717) is 16.0 Å². The fourth-order valence-corrected chi connectivity index (χ4v) is 2.40. The Morgan fingerprint density at radius 1 is 1.47 bits per heavy atom. The zero-order valence-corrected chi connectivity index (χ0v) is 12.3. The highest BCUT2D eigenvalue weighted by Gasteiger charge is 2.28. The maximum Gasteiger partial charge on any atom is 0.412 e. The number of nitrogens with zero attached hydrogens (tertiary/aromatic N) is 1. The molecule has 0 spiro atoms. The third-order valence-electron chi connectivity index (χ3n) is 2.29. The van der Waals surface area contributed by atoms with E-state index in [1.54, 1.807) is 18.2 Å². The minimum atomic E-state index is -0.972. The summed E-state index contributed by atoms with van der Waals surface area (Å²) in [5, 5.41) is 10.5. The fourth-order valence-electron chi connectivity index (χ4n) is 1.59. The van der Waals surface area contributed by atoms with Crippen LogP contribution in [0.15, 0.2) is 18.2 Å². The number of anilines is 1. The molecule has 0 fully saturated rings. The summed E-state index contributed by atoms with van der Waals surface area (Å²) < 4.78 is 0. The van der Waals surface area contributed by atoms with Crippen LogP contribution < -0.4 is 4.90 Å². The molecule has 1 aromatic rings. The molecule has 1 aromatic carbocycles. The third kappa shape index (κ3) is 3.36. The number of benzene rings is 1. The van der Waals surface area contributed by atoms with Gasteiger partial charge in [0.1, 0.15) is 0 Å². The molecule has 1 N–H and O–H groups in total. The van der Waals surface area contributed by atoms with Gasteiger partial charge in [0.25, 0.3) is 0 Å². The van der Waals surface area contributed by atoms with Gasteiger partial charge < -0.3 is 5.11 Å². The molecule has 0 aliphatic heterocycles. The highest BCUT2D eigenvalue weighted by molar-refractivity contribution is 9.08. The van der Waals surface area contributed by atoms with Crippen molar-refractivity contribution >= 4 is 39.3 Å². The van der Waals surface area contributed by atoms with Gasteiger partial charge in [-0.2, -0.15) is 0 Å². The summed E-state index contributed by atoms with van der Waals surface area (Å²) in [6, 6.07) is 5.22. The highest BCUT2D eigenvalue weighted by Crippen LogP contribution is 2.29. The average Bonchev–Trinajstić information content (AvgIpc) is 2.18. The standard InChI is InChI=1S/C12H15BrClNO2/c1-12(2,3)15(11(16)17)9-4-5-10(14)8(6-9)7-13/h4-6H,7H2,1-3H3,(H,16,17). The van der Waals surface area contributed by atoms with Crippen LogP contribution in [-0.4, -0.2) is 16.7 Å². The van der Waals surface area contributed by atoms with Crippen molar-refractivity contribution in [3.05, 3.63) is 28.8 Å². The predicted octanol–water partition coefficient (Wildman–Crippen LogP) is 4.52. The molecule has 1 rings (SSSR count). The molecular formula is C12H15BrClNO2. The van der Waals surface area contributed by atoms with E-state index in [9.17, 15) is 9.90 Å². The molecule has 0 aromatic heterocycles. The molecule has 17 heavy (non-hydrogen) atoms. The summed E-state index contributed by atoms with van der Waals surface area (Å²) in [5.41, 5.74) is 1.01. The van der Waals surface area contributed by atoms with Crippen molar-refractivity contribution < 1.29 is 9.90 Å². The number of hydrogen-bond donors (Lipinski definition) is 1. The zero-order valence-electron chi connectivity index (χ0n) is 10.00. The number of hydrogen-bond acceptors (Lipinski definition) is 1. The van der Waals surface area contributed by atoms with Gasteiger partial charge in [-0.1, -0.05) is 27.5 Å². The minimum absolute atomic E-state index is 0.497. The largest absolute Gasteiger partial charge is 0.465 e. The molecule has 0 bridgehead atoms. The van der Waals surface area contributed by atoms with Crippen LogP contribution in [0.5, 0.6) is 0 Å². The lowest BCUT2D eigenvalue weighted by molar-refractivity contribution is 0.195. The lowest BCUT2D eigenvalue weighted by atomic mass is 10.0. The summed E-state index contributed by atoms with van der Waals surface area (Å²) in [6.45, 7) is 5.55. The first-order valence-corrected chi connectivity index (χ1v) is 6.65. The van der Waals surface area contributed by atoms with E-state index < -0.39 is 11.6 Å². The molecule has 5 heteroatoms. The van der Waals surface area contributed by atoms with Crippen LogP contribution in [-0.2, 0) is 5.33 Å². The smallest absolute Gasteiger partial charge is 0.412 e. The highest BCUT2D eigenvalue weighted by atomic mass is 79.9. The van der Waals surface area contributed by atoms with E-state index in [0.717, 1.165) is 5.56 Å². The maximum absolute atomic E-state index is 11.3. The van der Waals surface area contributed by atoms with Crippen molar-refractivity contribution in [1.29, 1.82) is 0 Å². The SMILES string of the molecule is CC(C)(C)N(C(=O)O)c1ccc(Cl)c(CBr)c1. The molecule has 0 aliphatic rings. The van der Waals surface area contributed by atoms with Crippen LogP contribution in [0.3, 0.4) is 0 Å². The molecule has 0 aliphatic carbocycles. The van der Waals surface area contributed by atoms with Gasteiger partial charge in [0.15, 0.2) is 0 Å². The summed E-state index contributed by atoms with van der Waals surface area (Å²) in [7, 11) is 0. The van der Waals surface area contributed by atoms with E-state index in [1.165, 1.54) is 4.90 Å². The van der Waals surface area contributed by atoms with Crippen molar-refractivity contribution in [3.8, 4) is 0 Å². The van der Waals surface area contributed by atoms with Crippen molar-refractivity contribution in [1.82, 2.24) is 0 Å². The number of alkyl halides is 1. The van der Waals surface area contributed by atoms with Crippen molar-refractivity contribution in [2.24, 2.45) is 0 Å². The lowest BCUT2D eigenvalue weighted by Gasteiger charge is -2.33. The normalized spacial score (nSPS) is 11.4. The second-order valence-corrected chi connectivity index (χ2v) is 5.67. The monoisotopic (exact) mass is 319 g/mol. The zero-order chi connectivity index (χ0) is 13.2. The Balaban J connectivity index is 3.25. The van der Waals surface area contributed by atoms with Crippen molar-refractivity contribution in [2.45, 2.75) is 31.6 Å². The van der Waals surface area contributed by atoms with Gasteiger partial charge in [-0.15, -0.1) is 0 Å². The predicted molar refractivity (Wildman–Crippen MR) is 74.3 cm³/mol. The second-order valence-electron chi connectivity index (χ2n) is 4.70. The molecule has 0 saturated carbocycles. The molecule has 0 unspecified atom stereocenters. The first-order chi connectivity index (χ1) is 7.77. The third-order valence-corrected chi connectivity index (χ3v) is 3.27. The lowest BCUT2D eigenvalue weighted by Crippen LogP contribution is -2.45. The van der Waals surface area contributed by atoms with Gasteiger partial charge >= 0.3 is 6.09 Å². The van der Waals surface area contributed by atoms with Crippen molar-refractivity contribution in [2.75, 3.05) is 4.90 Å². The average molecular weight is 321 g/mol. The van der Waals surface area contributed by atoms with Gasteiger partial charge in [0.2, 0.25) is 0 Å². The molecule has 3 nitrogen and oxygen atoms in total. The van der Waals surface area contributed by atoms with Crippen LogP contribution in [0.1, 0.15) is 26.3 Å². The molecule has 94 valence electrons. The number of carbonyl (C=O) groups is 1. The minimum Gasteiger partial charge on any atom is -0.465 e. The number of carboxylic acid groups (broad SMARTS) is 1. The summed E-state index contributed by atoms with van der Waals surface area (Å²) in [4.78, 5) is 12.6. The van der Waals surface area contributed by atoms with Crippen molar-refractivity contribution in [3.63, 3.8) is 0 Å². The molecule has 0 heterocycles. The number of amides is 1. The Morgan fingerprint density at radius 2 is 2.06 bits per heavy atom. The van der Waals surface area contributed by atoms with E-state index >= 15 is 0 Å². The van der Waals surface area contributed by atoms with Crippen LogP contribution in [0.4, 0.5) is 10.5 Å². The topological polar surface area (TPSA) is 40.5 Å². The molecular weight excluding hydrogens is 305 g/mol. The van der Waals surface area contributed by atoms with Gasteiger partial charge in [0, 0.05) is 21.6 Å². The first kappa shape index (κ1) is 14.3. The van der Waals surface area contributed by atoms with E-state index in [-0.39, 0.29) is 0 Å². The number of halogens is 2. The summed E-state index contributed by atoms with van der Waals surface area (Å²) in [5.74, 6) is 0. The number of rotatable bonds is 2. The first-order valence-electron chi connectivity index (χ1n) is 5.15. The summed E-state index contributed by atoms with van der Waals surface area (Å²) >= 11 is 9.33.